The fourth-order valence-corrected chi connectivity index (χ4v) is 5.11. The van der Waals surface area contributed by atoms with Gasteiger partial charge in [-0.2, -0.15) is 0 Å². The van der Waals surface area contributed by atoms with Crippen LogP contribution in [0.15, 0.2) is 12.2 Å². The van der Waals surface area contributed by atoms with E-state index in [9.17, 15) is 19.5 Å². The Balaban J connectivity index is 1.83. The number of ether oxygens (including phenoxy) is 1. The monoisotopic (exact) mass is 405 g/mol. The van der Waals surface area contributed by atoms with Crippen LogP contribution in [0.4, 0.5) is 5.00 Å². The molecule has 0 radical (unpaired) electrons. The largest absolute Gasteiger partial charge is 0.481 e. The van der Waals surface area contributed by atoms with Gasteiger partial charge in [-0.05, 0) is 50.5 Å². The van der Waals surface area contributed by atoms with E-state index >= 15 is 0 Å². The van der Waals surface area contributed by atoms with Crippen molar-refractivity contribution in [2.24, 2.45) is 11.8 Å². The Morgan fingerprint density at radius 3 is 2.61 bits per heavy atom. The molecular formula is C21H27NO5S. The van der Waals surface area contributed by atoms with Crippen LogP contribution in [0.2, 0.25) is 0 Å². The van der Waals surface area contributed by atoms with Crippen molar-refractivity contribution in [3.05, 3.63) is 28.2 Å². The topological polar surface area (TPSA) is 92.7 Å². The van der Waals surface area contributed by atoms with Crippen LogP contribution in [-0.2, 0) is 27.2 Å². The molecule has 0 saturated carbocycles. The number of nitrogens with one attached hydrogen (secondary N) is 1. The van der Waals surface area contributed by atoms with Crippen LogP contribution in [0, 0.1) is 11.8 Å². The van der Waals surface area contributed by atoms with Crippen LogP contribution in [0.5, 0.6) is 0 Å². The molecule has 3 rings (SSSR count). The lowest BCUT2D eigenvalue weighted by atomic mass is 9.82. The molecule has 152 valence electrons. The van der Waals surface area contributed by atoms with Gasteiger partial charge in [0.15, 0.2) is 0 Å². The van der Waals surface area contributed by atoms with Gasteiger partial charge in [-0.15, -0.1) is 11.3 Å². The van der Waals surface area contributed by atoms with Gasteiger partial charge < -0.3 is 15.2 Å². The van der Waals surface area contributed by atoms with Gasteiger partial charge in [-0.25, -0.2) is 4.79 Å². The molecule has 0 aliphatic heterocycles. The number of carboxylic acids is 1. The first-order valence-electron chi connectivity index (χ1n) is 10.0. The van der Waals surface area contributed by atoms with E-state index < -0.39 is 17.8 Å². The minimum Gasteiger partial charge on any atom is -0.481 e. The molecule has 6 nitrogen and oxygen atoms in total. The van der Waals surface area contributed by atoms with Crippen molar-refractivity contribution in [3.8, 4) is 0 Å². The van der Waals surface area contributed by atoms with Crippen molar-refractivity contribution in [1.29, 1.82) is 0 Å². The summed E-state index contributed by atoms with van der Waals surface area (Å²) in [5.41, 5.74) is 1.47. The van der Waals surface area contributed by atoms with Gasteiger partial charge in [-0.3, -0.25) is 9.59 Å². The Hall–Kier alpha value is -2.15. The molecule has 7 heteroatoms. The number of hydrogen-bond donors (Lipinski definition) is 2. The summed E-state index contributed by atoms with van der Waals surface area (Å²) in [5, 5.41) is 12.8. The van der Waals surface area contributed by atoms with Crippen molar-refractivity contribution in [2.45, 2.75) is 58.3 Å². The van der Waals surface area contributed by atoms with E-state index in [1.54, 1.807) is 0 Å². The summed E-state index contributed by atoms with van der Waals surface area (Å²) in [7, 11) is 0. The predicted octanol–water partition coefficient (Wildman–Crippen LogP) is 4.19. The Kier molecular flexibility index (Phi) is 6.88. The fraction of sp³-hybridized carbons (Fsp3) is 0.571. The third kappa shape index (κ3) is 4.46. The highest BCUT2D eigenvalue weighted by molar-refractivity contribution is 7.17. The summed E-state index contributed by atoms with van der Waals surface area (Å²) < 4.78 is 5.43. The lowest BCUT2D eigenvalue weighted by molar-refractivity contribution is -0.146. The van der Waals surface area contributed by atoms with Crippen LogP contribution in [0.3, 0.4) is 0 Å². The second-order valence-electron chi connectivity index (χ2n) is 7.39. The van der Waals surface area contributed by atoms with E-state index in [1.807, 2.05) is 19.1 Å². The Morgan fingerprint density at radius 2 is 1.89 bits per heavy atom. The van der Waals surface area contributed by atoms with Gasteiger partial charge in [0.05, 0.1) is 24.0 Å². The highest BCUT2D eigenvalue weighted by Crippen LogP contribution is 2.39. The maximum absolute atomic E-state index is 12.9. The fourth-order valence-electron chi connectivity index (χ4n) is 3.83. The van der Waals surface area contributed by atoms with Crippen molar-refractivity contribution in [3.63, 3.8) is 0 Å². The number of aryl methyl sites for hydroxylation is 1. The molecule has 28 heavy (non-hydrogen) atoms. The lowest BCUT2D eigenvalue weighted by Crippen LogP contribution is -2.34. The van der Waals surface area contributed by atoms with Crippen LogP contribution in [-0.4, -0.2) is 29.6 Å². The molecule has 1 aromatic rings. The number of rotatable bonds is 7. The maximum Gasteiger partial charge on any atom is 0.341 e. The molecule has 0 saturated heterocycles. The second kappa shape index (κ2) is 9.37. The van der Waals surface area contributed by atoms with E-state index in [0.717, 1.165) is 49.0 Å². The normalized spacial score (nSPS) is 21.0. The molecule has 2 N–H and O–H groups in total. The highest BCUT2D eigenvalue weighted by Gasteiger charge is 2.35. The number of thiophene rings is 1. The van der Waals surface area contributed by atoms with Gasteiger partial charge in [0.25, 0.3) is 0 Å². The van der Waals surface area contributed by atoms with Crippen LogP contribution < -0.4 is 5.32 Å². The molecule has 2 aliphatic carbocycles. The van der Waals surface area contributed by atoms with E-state index in [1.165, 1.54) is 11.3 Å². The number of allylic oxidation sites excluding steroid dienone is 2. The molecule has 1 amide bonds. The summed E-state index contributed by atoms with van der Waals surface area (Å²) in [6.07, 6.45) is 9.93. The van der Waals surface area contributed by atoms with E-state index in [-0.39, 0.29) is 11.9 Å². The van der Waals surface area contributed by atoms with Crippen molar-refractivity contribution in [1.82, 2.24) is 0 Å². The maximum atomic E-state index is 12.9. The smallest absolute Gasteiger partial charge is 0.341 e. The van der Waals surface area contributed by atoms with Gasteiger partial charge in [0, 0.05) is 4.88 Å². The van der Waals surface area contributed by atoms with Gasteiger partial charge in [0.1, 0.15) is 5.00 Å². The standard InChI is InChI=1S/C21H27NO5S/c1-2-3-12-27-21(26)17-15-10-6-7-11-16(15)28-19(17)22-18(23)13-8-4-5-9-14(13)20(24)25/h4-5,13-14H,2-3,6-12H2,1H3,(H,22,23)(H,24,25)/t13-,14-/m1/s1. The number of hydrogen-bond acceptors (Lipinski definition) is 5. The van der Waals surface area contributed by atoms with E-state index in [4.69, 9.17) is 4.74 Å². The predicted molar refractivity (Wildman–Crippen MR) is 108 cm³/mol. The van der Waals surface area contributed by atoms with E-state index in [2.05, 4.69) is 5.32 Å². The van der Waals surface area contributed by atoms with Gasteiger partial charge in [-0.1, -0.05) is 25.5 Å². The third-order valence-corrected chi connectivity index (χ3v) is 6.64. The van der Waals surface area contributed by atoms with Crippen molar-refractivity contribution in [2.75, 3.05) is 11.9 Å². The molecule has 2 aliphatic rings. The first-order valence-corrected chi connectivity index (χ1v) is 10.8. The summed E-state index contributed by atoms with van der Waals surface area (Å²) in [6.45, 7) is 2.39. The number of carbonyl (C=O) groups is 3. The van der Waals surface area contributed by atoms with Crippen molar-refractivity contribution >= 4 is 34.2 Å². The van der Waals surface area contributed by atoms with E-state index in [0.29, 0.717) is 30.0 Å². The Morgan fingerprint density at radius 1 is 1.18 bits per heavy atom. The molecule has 1 heterocycles. The zero-order valence-corrected chi connectivity index (χ0v) is 17.0. The lowest BCUT2D eigenvalue weighted by Gasteiger charge is -2.24. The first kappa shape index (κ1) is 20.6. The minimum absolute atomic E-state index is 0.335. The van der Waals surface area contributed by atoms with Crippen LogP contribution in [0.1, 0.15) is 66.2 Å². The molecule has 0 bridgehead atoms. The average molecular weight is 406 g/mol. The quantitative estimate of drug-likeness (QED) is 0.403. The van der Waals surface area contributed by atoms with Crippen LogP contribution >= 0.6 is 11.3 Å². The zero-order valence-electron chi connectivity index (χ0n) is 16.2. The molecule has 0 fully saturated rings. The second-order valence-corrected chi connectivity index (χ2v) is 8.49. The summed E-state index contributed by atoms with van der Waals surface area (Å²) >= 11 is 1.43. The Labute approximate surface area is 169 Å². The Bertz CT molecular complexity index is 782. The zero-order chi connectivity index (χ0) is 20.1. The third-order valence-electron chi connectivity index (χ3n) is 5.43. The number of anilines is 1. The number of unbranched alkanes of at least 4 members (excludes halogenated alkanes) is 1. The minimum atomic E-state index is -0.964. The number of fused-ring (bicyclic) bond motifs is 1. The average Bonchev–Trinajstić information content (AvgIpc) is 3.05. The number of carboxylic acid groups (broad SMARTS) is 1. The molecule has 0 aromatic carbocycles. The molecule has 0 unspecified atom stereocenters. The van der Waals surface area contributed by atoms with Crippen LogP contribution in [0.25, 0.3) is 0 Å². The molecule has 2 atom stereocenters. The summed E-state index contributed by atoms with van der Waals surface area (Å²) in [4.78, 5) is 38.3. The van der Waals surface area contributed by atoms with Crippen molar-refractivity contribution < 1.29 is 24.2 Å². The number of esters is 1. The molecule has 0 spiro atoms. The highest BCUT2D eigenvalue weighted by atomic mass is 32.1. The number of carbonyl (C=O) groups excluding carboxylic acids is 2. The summed E-state index contributed by atoms with van der Waals surface area (Å²) in [5.74, 6) is -3.06. The SMILES string of the molecule is CCCCOC(=O)c1c(NC(=O)[C@@H]2CC=CC[C@H]2C(=O)O)sc2c1CCCC2. The summed E-state index contributed by atoms with van der Waals surface area (Å²) in [6, 6.07) is 0. The van der Waals surface area contributed by atoms with Gasteiger partial charge >= 0.3 is 11.9 Å². The van der Waals surface area contributed by atoms with Gasteiger partial charge in [0.2, 0.25) is 5.91 Å². The number of amides is 1. The number of aliphatic carboxylic acids is 1. The molecule has 1 aromatic heterocycles. The first-order chi connectivity index (χ1) is 13.5. The molecular weight excluding hydrogens is 378 g/mol.